The molecule has 4 rings (SSSR count). The number of amides is 1. The third-order valence-corrected chi connectivity index (χ3v) is 5.61. The lowest BCUT2D eigenvalue weighted by molar-refractivity contribution is -0.118. The second kappa shape index (κ2) is 7.53. The van der Waals surface area contributed by atoms with E-state index in [0.717, 1.165) is 11.2 Å². The quantitative estimate of drug-likeness (QED) is 0.501. The Balaban J connectivity index is 1.31. The first-order chi connectivity index (χ1) is 13.1. The van der Waals surface area contributed by atoms with Gasteiger partial charge in [-0.2, -0.15) is 0 Å². The van der Waals surface area contributed by atoms with Crippen LogP contribution in [0.15, 0.2) is 50.1 Å². The Morgan fingerprint density at radius 3 is 3.04 bits per heavy atom. The fourth-order valence-electron chi connectivity index (χ4n) is 2.68. The highest BCUT2D eigenvalue weighted by molar-refractivity contribution is 7.99. The number of oxazole rings is 1. The van der Waals surface area contributed by atoms with Gasteiger partial charge in [-0.1, -0.05) is 23.9 Å². The molecule has 1 aromatic carbocycles. The lowest BCUT2D eigenvalue weighted by Gasteiger charge is -2.04. The fourth-order valence-corrected chi connectivity index (χ4v) is 4.32. The van der Waals surface area contributed by atoms with E-state index in [0.29, 0.717) is 34.4 Å². The number of fused-ring (bicyclic) bond motifs is 2. The number of benzene rings is 1. The minimum atomic E-state index is -0.108. The molecule has 0 aliphatic carbocycles. The Kier molecular flexibility index (Phi) is 4.95. The zero-order valence-corrected chi connectivity index (χ0v) is 16.1. The van der Waals surface area contributed by atoms with Gasteiger partial charge in [-0.3, -0.25) is 14.0 Å². The number of thioether (sulfide) groups is 1. The van der Waals surface area contributed by atoms with Gasteiger partial charge in [0.05, 0.1) is 5.75 Å². The molecule has 7 nitrogen and oxygen atoms in total. The van der Waals surface area contributed by atoms with Gasteiger partial charge in [-0.05, 0) is 19.1 Å². The van der Waals surface area contributed by atoms with Crippen molar-refractivity contribution in [1.82, 2.24) is 19.7 Å². The van der Waals surface area contributed by atoms with Crippen molar-refractivity contribution in [3.63, 3.8) is 0 Å². The highest BCUT2D eigenvalue weighted by Gasteiger charge is 2.10. The number of rotatable bonds is 6. The molecular formula is C18H16N4O3S2. The Bertz CT molecular complexity index is 1150. The van der Waals surface area contributed by atoms with Crippen molar-refractivity contribution in [3.05, 3.63) is 57.5 Å². The van der Waals surface area contributed by atoms with Crippen LogP contribution in [-0.4, -0.2) is 32.6 Å². The van der Waals surface area contributed by atoms with Crippen molar-refractivity contribution in [3.8, 4) is 0 Å². The van der Waals surface area contributed by atoms with E-state index >= 15 is 0 Å². The Morgan fingerprint density at radius 2 is 2.19 bits per heavy atom. The maximum atomic E-state index is 12.1. The second-order valence-electron chi connectivity index (χ2n) is 5.92. The van der Waals surface area contributed by atoms with Crippen LogP contribution < -0.4 is 10.9 Å². The molecule has 9 heteroatoms. The van der Waals surface area contributed by atoms with Crippen molar-refractivity contribution < 1.29 is 9.21 Å². The summed E-state index contributed by atoms with van der Waals surface area (Å²) in [5.74, 6) is 0.112. The molecule has 27 heavy (non-hydrogen) atoms. The number of aryl methyl sites for hydroxylation is 1. The van der Waals surface area contributed by atoms with E-state index in [9.17, 15) is 9.59 Å². The summed E-state index contributed by atoms with van der Waals surface area (Å²) >= 11 is 2.68. The van der Waals surface area contributed by atoms with E-state index in [4.69, 9.17) is 4.42 Å². The third kappa shape index (κ3) is 3.88. The topological polar surface area (TPSA) is 89.5 Å². The highest BCUT2D eigenvalue weighted by Crippen LogP contribution is 2.22. The molecule has 0 aliphatic rings. The van der Waals surface area contributed by atoms with Gasteiger partial charge in [0.1, 0.15) is 5.52 Å². The van der Waals surface area contributed by atoms with Gasteiger partial charge >= 0.3 is 0 Å². The Morgan fingerprint density at radius 1 is 1.33 bits per heavy atom. The van der Waals surface area contributed by atoms with Crippen LogP contribution in [0.25, 0.3) is 16.1 Å². The maximum Gasteiger partial charge on any atom is 0.258 e. The van der Waals surface area contributed by atoms with Crippen LogP contribution in [0.4, 0.5) is 0 Å². The minimum Gasteiger partial charge on any atom is -0.431 e. The molecule has 3 heterocycles. The molecular weight excluding hydrogens is 384 g/mol. The van der Waals surface area contributed by atoms with Crippen molar-refractivity contribution in [1.29, 1.82) is 0 Å². The number of aromatic nitrogens is 3. The second-order valence-corrected chi connectivity index (χ2v) is 7.68. The third-order valence-electron chi connectivity index (χ3n) is 3.91. The van der Waals surface area contributed by atoms with Crippen LogP contribution in [0.5, 0.6) is 0 Å². The molecule has 0 aliphatic heterocycles. The lowest BCUT2D eigenvalue weighted by Crippen LogP contribution is -2.28. The summed E-state index contributed by atoms with van der Waals surface area (Å²) in [6, 6.07) is 8.99. The summed E-state index contributed by atoms with van der Waals surface area (Å²) in [6.45, 7) is 2.24. The van der Waals surface area contributed by atoms with Gasteiger partial charge in [0, 0.05) is 35.8 Å². The molecule has 0 saturated carbocycles. The normalized spacial score (nSPS) is 11.3. The molecule has 138 valence electrons. The average molecular weight is 400 g/mol. The van der Waals surface area contributed by atoms with Gasteiger partial charge in [0.15, 0.2) is 10.5 Å². The average Bonchev–Trinajstić information content (AvgIpc) is 3.23. The van der Waals surface area contributed by atoms with E-state index < -0.39 is 0 Å². The van der Waals surface area contributed by atoms with Crippen molar-refractivity contribution in [2.45, 2.75) is 18.6 Å². The first-order valence-electron chi connectivity index (χ1n) is 8.32. The molecule has 0 saturated heterocycles. The van der Waals surface area contributed by atoms with E-state index in [-0.39, 0.29) is 17.2 Å². The van der Waals surface area contributed by atoms with Crippen molar-refractivity contribution >= 4 is 45.1 Å². The van der Waals surface area contributed by atoms with Crippen LogP contribution in [0, 0.1) is 6.92 Å². The molecule has 0 bridgehead atoms. The van der Waals surface area contributed by atoms with E-state index in [2.05, 4.69) is 15.3 Å². The van der Waals surface area contributed by atoms with Crippen LogP contribution in [0.2, 0.25) is 0 Å². The summed E-state index contributed by atoms with van der Waals surface area (Å²) in [6.07, 6.45) is 0.559. The molecule has 1 amide bonds. The standard InChI is InChI=1S/C18H16N4O3S2/c1-11-8-16(24)22-12(9-26-17(22)20-11)6-7-19-15(23)10-27-18-21-13-4-2-3-5-14(13)25-18/h2-5,8-9H,6-7,10H2,1H3,(H,19,23). The number of nitrogens with one attached hydrogen (secondary N) is 1. The molecule has 4 aromatic rings. The largest absolute Gasteiger partial charge is 0.431 e. The van der Waals surface area contributed by atoms with Gasteiger partial charge in [0.2, 0.25) is 5.91 Å². The zero-order valence-electron chi connectivity index (χ0n) is 14.5. The van der Waals surface area contributed by atoms with E-state index in [1.54, 1.807) is 11.3 Å². The highest BCUT2D eigenvalue weighted by atomic mass is 32.2. The molecule has 0 atom stereocenters. The minimum absolute atomic E-state index is 0.0911. The number of para-hydroxylation sites is 2. The fraction of sp³-hybridized carbons (Fsp3) is 0.222. The van der Waals surface area contributed by atoms with Gasteiger partial charge in [-0.25, -0.2) is 9.97 Å². The molecule has 0 radical (unpaired) electrons. The maximum absolute atomic E-state index is 12.1. The lowest BCUT2D eigenvalue weighted by atomic mass is 10.3. The number of hydrogen-bond acceptors (Lipinski definition) is 7. The van der Waals surface area contributed by atoms with Gasteiger partial charge < -0.3 is 9.73 Å². The predicted molar refractivity (Wildman–Crippen MR) is 106 cm³/mol. The first-order valence-corrected chi connectivity index (χ1v) is 10.2. The van der Waals surface area contributed by atoms with Gasteiger partial charge in [0.25, 0.3) is 10.8 Å². The van der Waals surface area contributed by atoms with Crippen molar-refractivity contribution in [2.75, 3.05) is 12.3 Å². The van der Waals surface area contributed by atoms with Crippen LogP contribution in [-0.2, 0) is 11.2 Å². The summed E-state index contributed by atoms with van der Waals surface area (Å²) in [4.78, 5) is 33.5. The zero-order chi connectivity index (χ0) is 18.8. The monoisotopic (exact) mass is 400 g/mol. The summed E-state index contributed by atoms with van der Waals surface area (Å²) in [5, 5.41) is 5.24. The van der Waals surface area contributed by atoms with Crippen LogP contribution >= 0.6 is 23.1 Å². The first kappa shape index (κ1) is 17.7. The summed E-state index contributed by atoms with van der Waals surface area (Å²) in [5.41, 5.74) is 2.95. The Labute approximate surface area is 162 Å². The van der Waals surface area contributed by atoms with E-state index in [1.807, 2.05) is 29.6 Å². The number of thiazole rings is 1. The molecule has 0 unspecified atom stereocenters. The van der Waals surface area contributed by atoms with Crippen molar-refractivity contribution in [2.24, 2.45) is 0 Å². The smallest absolute Gasteiger partial charge is 0.258 e. The number of hydrogen-bond donors (Lipinski definition) is 1. The van der Waals surface area contributed by atoms with Crippen LogP contribution in [0.1, 0.15) is 11.4 Å². The van der Waals surface area contributed by atoms with E-state index in [1.165, 1.54) is 29.2 Å². The summed E-state index contributed by atoms with van der Waals surface area (Å²) < 4.78 is 7.18. The van der Waals surface area contributed by atoms with Crippen LogP contribution in [0.3, 0.4) is 0 Å². The molecule has 1 N–H and O–H groups in total. The SMILES string of the molecule is Cc1cc(=O)n2c(CCNC(=O)CSc3nc4ccccc4o3)csc2n1. The Hall–Kier alpha value is -2.65. The molecule has 0 fully saturated rings. The molecule has 0 spiro atoms. The number of carbonyl (C=O) groups excluding carboxylic acids is 1. The molecule has 3 aromatic heterocycles. The number of carbonyl (C=O) groups is 1. The predicted octanol–water partition coefficient (Wildman–Crippen LogP) is 2.66. The summed E-state index contributed by atoms with van der Waals surface area (Å²) in [7, 11) is 0. The number of nitrogens with zero attached hydrogens (tertiary/aromatic N) is 3. The van der Waals surface area contributed by atoms with Gasteiger partial charge in [-0.15, -0.1) is 11.3 Å².